The fourth-order valence-corrected chi connectivity index (χ4v) is 2.90. The molecule has 26 heavy (non-hydrogen) atoms. The first-order valence-electron chi connectivity index (χ1n) is 8.86. The Morgan fingerprint density at radius 1 is 1.35 bits per heavy atom. The monoisotopic (exact) mass is 356 g/mol. The number of pyridine rings is 1. The number of nitrogens with one attached hydrogen (secondary N) is 1. The van der Waals surface area contributed by atoms with Crippen LogP contribution in [-0.2, 0) is 16.1 Å². The minimum absolute atomic E-state index is 0.0242. The van der Waals surface area contributed by atoms with Crippen molar-refractivity contribution < 1.29 is 19.0 Å². The highest BCUT2D eigenvalue weighted by Crippen LogP contribution is 2.31. The number of carbonyl (C=O) groups excluding carboxylic acids is 1. The highest BCUT2D eigenvalue weighted by Gasteiger charge is 2.17. The van der Waals surface area contributed by atoms with Crippen molar-refractivity contribution in [3.63, 3.8) is 0 Å². The lowest BCUT2D eigenvalue weighted by atomic mass is 10.1. The van der Waals surface area contributed by atoms with Gasteiger partial charge in [-0.15, -0.1) is 0 Å². The summed E-state index contributed by atoms with van der Waals surface area (Å²) in [5.74, 6) is 1.17. The van der Waals surface area contributed by atoms with Crippen molar-refractivity contribution in [1.29, 1.82) is 0 Å². The Bertz CT molecular complexity index is 715. The first-order valence-corrected chi connectivity index (χ1v) is 8.86. The van der Waals surface area contributed by atoms with Crippen LogP contribution in [0, 0.1) is 0 Å². The average Bonchev–Trinajstić information content (AvgIpc) is 3.19. The van der Waals surface area contributed by atoms with Gasteiger partial charge >= 0.3 is 0 Å². The third kappa shape index (κ3) is 5.20. The van der Waals surface area contributed by atoms with Crippen LogP contribution in [0.4, 0.5) is 5.69 Å². The van der Waals surface area contributed by atoms with E-state index in [-0.39, 0.29) is 12.0 Å². The fraction of sp³-hybridized carbons (Fsp3) is 0.400. The number of hydrogen-bond donors (Lipinski definition) is 1. The van der Waals surface area contributed by atoms with E-state index in [0.717, 1.165) is 31.4 Å². The maximum absolute atomic E-state index is 12.2. The zero-order valence-electron chi connectivity index (χ0n) is 14.9. The zero-order valence-corrected chi connectivity index (χ0v) is 14.9. The van der Waals surface area contributed by atoms with Crippen LogP contribution in [0.2, 0.25) is 0 Å². The van der Waals surface area contributed by atoms with E-state index in [9.17, 15) is 4.79 Å². The molecule has 1 amide bonds. The molecule has 1 aliphatic heterocycles. The second-order valence-electron chi connectivity index (χ2n) is 6.24. The molecule has 6 nitrogen and oxygen atoms in total. The van der Waals surface area contributed by atoms with Gasteiger partial charge in [0.2, 0.25) is 5.91 Å². The Labute approximate surface area is 153 Å². The quantitative estimate of drug-likeness (QED) is 0.783. The second kappa shape index (κ2) is 9.20. The molecule has 3 rings (SSSR count). The summed E-state index contributed by atoms with van der Waals surface area (Å²) in [6.45, 7) is 1.18. The molecule has 0 aliphatic carbocycles. The van der Waals surface area contributed by atoms with Gasteiger partial charge < -0.3 is 19.5 Å². The molecular formula is C20H24N2O4. The van der Waals surface area contributed by atoms with Gasteiger partial charge in [-0.25, -0.2) is 0 Å². The van der Waals surface area contributed by atoms with Gasteiger partial charge in [-0.1, -0.05) is 6.07 Å². The molecule has 2 heterocycles. The lowest BCUT2D eigenvalue weighted by molar-refractivity contribution is -0.116. The third-order valence-electron chi connectivity index (χ3n) is 4.28. The molecule has 1 aliphatic rings. The number of aromatic nitrogens is 1. The summed E-state index contributed by atoms with van der Waals surface area (Å²) in [6.07, 6.45) is 7.02. The van der Waals surface area contributed by atoms with Crippen LogP contribution in [0.1, 0.15) is 31.2 Å². The van der Waals surface area contributed by atoms with Crippen LogP contribution >= 0.6 is 0 Å². The lowest BCUT2D eigenvalue weighted by Crippen LogP contribution is -2.15. The number of amides is 1. The summed E-state index contributed by atoms with van der Waals surface area (Å²) >= 11 is 0. The molecule has 1 saturated heterocycles. The molecule has 6 heteroatoms. The minimum Gasteiger partial charge on any atom is -0.493 e. The molecule has 1 unspecified atom stereocenters. The van der Waals surface area contributed by atoms with Crippen LogP contribution < -0.4 is 14.8 Å². The average molecular weight is 356 g/mol. The molecule has 1 aromatic carbocycles. The van der Waals surface area contributed by atoms with Gasteiger partial charge in [-0.05, 0) is 37.5 Å². The molecule has 1 fully saturated rings. The van der Waals surface area contributed by atoms with E-state index in [0.29, 0.717) is 30.2 Å². The molecule has 2 aromatic rings. The molecule has 0 spiro atoms. The summed E-state index contributed by atoms with van der Waals surface area (Å²) < 4.78 is 16.7. The van der Waals surface area contributed by atoms with Gasteiger partial charge in [-0.2, -0.15) is 0 Å². The number of ether oxygens (including phenoxy) is 3. The molecule has 1 atom stereocenters. The van der Waals surface area contributed by atoms with E-state index in [1.807, 2.05) is 12.1 Å². The van der Waals surface area contributed by atoms with Crippen molar-refractivity contribution in [2.24, 2.45) is 0 Å². The Kier molecular flexibility index (Phi) is 6.44. The van der Waals surface area contributed by atoms with Crippen molar-refractivity contribution in [2.75, 3.05) is 19.0 Å². The molecule has 1 N–H and O–H groups in total. The molecule has 0 radical (unpaired) electrons. The maximum Gasteiger partial charge on any atom is 0.224 e. The van der Waals surface area contributed by atoms with E-state index >= 15 is 0 Å². The molecule has 1 aromatic heterocycles. The Morgan fingerprint density at radius 2 is 2.27 bits per heavy atom. The normalized spacial score (nSPS) is 16.3. The van der Waals surface area contributed by atoms with Crippen molar-refractivity contribution in [3.8, 4) is 11.5 Å². The summed E-state index contributed by atoms with van der Waals surface area (Å²) in [6, 6.07) is 9.17. The first kappa shape index (κ1) is 18.2. The van der Waals surface area contributed by atoms with Crippen molar-refractivity contribution in [1.82, 2.24) is 4.98 Å². The molecule has 138 valence electrons. The highest BCUT2D eigenvalue weighted by atomic mass is 16.5. The van der Waals surface area contributed by atoms with Crippen molar-refractivity contribution >= 4 is 11.6 Å². The van der Waals surface area contributed by atoms with E-state index in [2.05, 4.69) is 10.3 Å². The summed E-state index contributed by atoms with van der Waals surface area (Å²) in [7, 11) is 1.59. The largest absolute Gasteiger partial charge is 0.493 e. The Morgan fingerprint density at radius 3 is 3.00 bits per heavy atom. The number of anilines is 1. The fourth-order valence-electron chi connectivity index (χ4n) is 2.90. The van der Waals surface area contributed by atoms with Crippen LogP contribution in [0.15, 0.2) is 42.7 Å². The zero-order chi connectivity index (χ0) is 18.2. The predicted octanol–water partition coefficient (Wildman–Crippen LogP) is 3.57. The number of rotatable bonds is 8. The summed E-state index contributed by atoms with van der Waals surface area (Å²) in [5, 5.41) is 2.91. The smallest absolute Gasteiger partial charge is 0.224 e. The van der Waals surface area contributed by atoms with E-state index in [4.69, 9.17) is 14.2 Å². The Balaban J connectivity index is 1.57. The molecule has 0 bridgehead atoms. The Hall–Kier alpha value is -2.60. The summed E-state index contributed by atoms with van der Waals surface area (Å²) in [5.41, 5.74) is 1.64. The number of carbonyl (C=O) groups is 1. The van der Waals surface area contributed by atoms with Crippen LogP contribution in [0.5, 0.6) is 11.5 Å². The number of methoxy groups -OCH3 is 1. The van der Waals surface area contributed by atoms with E-state index < -0.39 is 0 Å². The predicted molar refractivity (Wildman–Crippen MR) is 98.4 cm³/mol. The van der Waals surface area contributed by atoms with Crippen LogP contribution in [0.25, 0.3) is 0 Å². The van der Waals surface area contributed by atoms with E-state index in [1.54, 1.807) is 37.7 Å². The topological polar surface area (TPSA) is 69.7 Å². The van der Waals surface area contributed by atoms with Crippen LogP contribution in [-0.4, -0.2) is 30.7 Å². The van der Waals surface area contributed by atoms with Gasteiger partial charge in [-0.3, -0.25) is 9.78 Å². The van der Waals surface area contributed by atoms with Crippen molar-refractivity contribution in [3.05, 3.63) is 48.3 Å². The molecule has 0 saturated carbocycles. The van der Waals surface area contributed by atoms with Gasteiger partial charge in [0.1, 0.15) is 6.61 Å². The molecular weight excluding hydrogens is 332 g/mol. The number of nitrogens with zero attached hydrogens (tertiary/aromatic N) is 1. The van der Waals surface area contributed by atoms with Crippen LogP contribution in [0.3, 0.4) is 0 Å². The second-order valence-corrected chi connectivity index (χ2v) is 6.24. The summed E-state index contributed by atoms with van der Waals surface area (Å²) in [4.78, 5) is 16.2. The van der Waals surface area contributed by atoms with E-state index in [1.165, 1.54) is 0 Å². The lowest BCUT2D eigenvalue weighted by Gasteiger charge is -2.13. The van der Waals surface area contributed by atoms with Gasteiger partial charge in [0, 0.05) is 42.7 Å². The standard InChI is InChI=1S/C20H24N2O4/c1-24-18-8-6-16(22-20(23)9-7-17-5-3-11-25-17)12-19(18)26-14-15-4-2-10-21-13-15/h2,4,6,8,10,12-13,17H,3,5,7,9,11,14H2,1H3,(H,22,23). The third-order valence-corrected chi connectivity index (χ3v) is 4.28. The first-order chi connectivity index (χ1) is 12.7. The number of hydrogen-bond acceptors (Lipinski definition) is 5. The van der Waals surface area contributed by atoms with Crippen molar-refractivity contribution in [2.45, 2.75) is 38.4 Å². The van der Waals surface area contributed by atoms with Gasteiger partial charge in [0.05, 0.1) is 13.2 Å². The minimum atomic E-state index is -0.0242. The van der Waals surface area contributed by atoms with Gasteiger partial charge in [0.25, 0.3) is 0 Å². The maximum atomic E-state index is 12.2. The number of benzene rings is 1. The SMILES string of the molecule is COc1ccc(NC(=O)CCC2CCCO2)cc1OCc1cccnc1. The highest BCUT2D eigenvalue weighted by molar-refractivity contribution is 5.91. The van der Waals surface area contributed by atoms with Gasteiger partial charge in [0.15, 0.2) is 11.5 Å².